The normalized spacial score (nSPS) is 11.0. The Labute approximate surface area is 137 Å². The Morgan fingerprint density at radius 1 is 0.957 bits per heavy atom. The molecule has 0 aliphatic rings. The lowest BCUT2D eigenvalue weighted by Crippen LogP contribution is -2.16. The number of para-hydroxylation sites is 1. The lowest BCUT2D eigenvalue weighted by Gasteiger charge is -2.05. The van der Waals surface area contributed by atoms with E-state index in [2.05, 4.69) is 22.2 Å². The fourth-order valence-corrected chi connectivity index (χ4v) is 3.37. The van der Waals surface area contributed by atoms with E-state index in [1.54, 1.807) is 10.9 Å². The molecule has 1 N–H and O–H groups in total. The third-order valence-electron chi connectivity index (χ3n) is 3.70. The van der Waals surface area contributed by atoms with Crippen LogP contribution in [0.15, 0.2) is 66.9 Å². The number of hydrogen-bond donors (Lipinski definition) is 1. The number of fused-ring (bicyclic) bond motifs is 1. The van der Waals surface area contributed by atoms with Crippen LogP contribution in [0.5, 0.6) is 0 Å². The monoisotopic (exact) mass is 318 g/mol. The van der Waals surface area contributed by atoms with Crippen molar-refractivity contribution in [3.63, 3.8) is 0 Å². The van der Waals surface area contributed by atoms with Gasteiger partial charge in [-0.05, 0) is 11.6 Å². The van der Waals surface area contributed by atoms with E-state index in [1.165, 1.54) is 11.3 Å². The average Bonchev–Trinajstić information content (AvgIpc) is 2.97. The van der Waals surface area contributed by atoms with Crippen LogP contribution in [0.25, 0.3) is 21.5 Å². The molecule has 0 aliphatic heterocycles. The second kappa shape index (κ2) is 5.78. The minimum Gasteiger partial charge on any atom is -0.274 e. The molecule has 5 heteroatoms. The van der Waals surface area contributed by atoms with E-state index in [0.717, 1.165) is 27.0 Å². The van der Waals surface area contributed by atoms with Crippen molar-refractivity contribution in [3.05, 3.63) is 77.2 Å². The van der Waals surface area contributed by atoms with Crippen molar-refractivity contribution in [2.45, 2.75) is 6.54 Å². The number of benzene rings is 2. The van der Waals surface area contributed by atoms with Crippen molar-refractivity contribution in [1.29, 1.82) is 5.41 Å². The lowest BCUT2D eigenvalue weighted by molar-refractivity contribution is 0.653. The van der Waals surface area contributed by atoms with Gasteiger partial charge in [-0.2, -0.15) is 5.10 Å². The fraction of sp³-hybridized carbons (Fsp3) is 0.0556. The Morgan fingerprint density at radius 2 is 1.78 bits per heavy atom. The van der Waals surface area contributed by atoms with Crippen molar-refractivity contribution in [2.75, 3.05) is 0 Å². The summed E-state index contributed by atoms with van der Waals surface area (Å²) in [7, 11) is 0. The molecule has 112 valence electrons. The van der Waals surface area contributed by atoms with Gasteiger partial charge in [-0.25, -0.2) is 4.68 Å². The number of nitrogens with zero attached hydrogens (tertiary/aromatic N) is 3. The molecular weight excluding hydrogens is 304 g/mol. The van der Waals surface area contributed by atoms with E-state index < -0.39 is 0 Å². The third kappa shape index (κ3) is 2.66. The van der Waals surface area contributed by atoms with Crippen LogP contribution < -0.4 is 4.80 Å². The summed E-state index contributed by atoms with van der Waals surface area (Å²) in [6.45, 7) is 0.552. The molecule has 2 aromatic heterocycles. The topological polar surface area (TPSA) is 54.6 Å². The first kappa shape index (κ1) is 13.8. The van der Waals surface area contributed by atoms with E-state index in [-0.39, 0.29) is 0 Å². The van der Waals surface area contributed by atoms with Crippen LogP contribution in [0.1, 0.15) is 5.56 Å². The third-order valence-corrected chi connectivity index (χ3v) is 4.61. The second-order valence-corrected chi connectivity index (χ2v) is 6.21. The average molecular weight is 318 g/mol. The highest BCUT2D eigenvalue weighted by Gasteiger charge is 2.08. The molecule has 23 heavy (non-hydrogen) atoms. The van der Waals surface area contributed by atoms with Gasteiger partial charge in [0.15, 0.2) is 0 Å². The van der Waals surface area contributed by atoms with Gasteiger partial charge in [-0.1, -0.05) is 65.9 Å². The Balaban J connectivity index is 1.75. The predicted molar refractivity (Wildman–Crippen MR) is 92.2 cm³/mol. The number of hydrogen-bond acceptors (Lipinski definition) is 4. The molecule has 0 atom stereocenters. The summed E-state index contributed by atoms with van der Waals surface area (Å²) in [5.41, 5.74) is 3.09. The summed E-state index contributed by atoms with van der Waals surface area (Å²) in [4.78, 5) is 4.91. The van der Waals surface area contributed by atoms with Gasteiger partial charge in [0.05, 0.1) is 12.1 Å². The minimum absolute atomic E-state index is 0.441. The summed E-state index contributed by atoms with van der Waals surface area (Å²) in [6, 6.07) is 20.1. The quantitative estimate of drug-likeness (QED) is 0.626. The molecule has 0 aliphatic carbocycles. The van der Waals surface area contributed by atoms with E-state index >= 15 is 0 Å². The Kier molecular flexibility index (Phi) is 3.48. The number of pyridine rings is 1. The summed E-state index contributed by atoms with van der Waals surface area (Å²) in [6.07, 6.45) is 1.80. The van der Waals surface area contributed by atoms with Gasteiger partial charge in [-0.3, -0.25) is 10.4 Å². The Morgan fingerprint density at radius 3 is 2.65 bits per heavy atom. The SMILES string of the molecule is N=c1sc(-c2ccccc2)nn1Cc1cccc2cccnc12. The molecule has 0 saturated carbocycles. The van der Waals surface area contributed by atoms with Crippen molar-refractivity contribution < 1.29 is 0 Å². The zero-order valence-corrected chi connectivity index (χ0v) is 13.1. The summed E-state index contributed by atoms with van der Waals surface area (Å²) in [5, 5.41) is 14.8. The van der Waals surface area contributed by atoms with Crippen LogP contribution in [0.3, 0.4) is 0 Å². The zero-order chi connectivity index (χ0) is 15.6. The van der Waals surface area contributed by atoms with Gasteiger partial charge >= 0.3 is 0 Å². The Bertz CT molecular complexity index is 1010. The van der Waals surface area contributed by atoms with Gasteiger partial charge in [0.1, 0.15) is 5.01 Å². The Hall–Kier alpha value is -2.79. The molecule has 2 heterocycles. The molecule has 2 aromatic carbocycles. The maximum atomic E-state index is 8.20. The fourth-order valence-electron chi connectivity index (χ4n) is 2.58. The molecule has 4 aromatic rings. The first-order chi connectivity index (χ1) is 11.3. The van der Waals surface area contributed by atoms with Crippen molar-refractivity contribution in [2.24, 2.45) is 0 Å². The molecule has 0 unspecified atom stereocenters. The maximum absolute atomic E-state index is 8.20. The predicted octanol–water partition coefficient (Wildman–Crippen LogP) is 3.69. The summed E-state index contributed by atoms with van der Waals surface area (Å²) in [5.74, 6) is 0. The van der Waals surface area contributed by atoms with Crippen LogP contribution in [-0.2, 0) is 6.54 Å². The van der Waals surface area contributed by atoms with Crippen molar-refractivity contribution in [3.8, 4) is 10.6 Å². The van der Waals surface area contributed by atoms with E-state index in [1.807, 2.05) is 48.5 Å². The van der Waals surface area contributed by atoms with Crippen molar-refractivity contribution >= 4 is 22.2 Å². The molecule has 0 spiro atoms. The molecule has 0 saturated heterocycles. The van der Waals surface area contributed by atoms with Crippen LogP contribution in [0.2, 0.25) is 0 Å². The molecule has 0 bridgehead atoms. The molecule has 4 rings (SSSR count). The standard InChI is InChI=1S/C18H14N4S/c19-18-22(21-17(23-18)14-6-2-1-3-7-14)12-15-9-4-8-13-10-5-11-20-16(13)15/h1-11,19H,12H2. The van der Waals surface area contributed by atoms with E-state index in [0.29, 0.717) is 11.3 Å². The first-order valence-electron chi connectivity index (χ1n) is 7.32. The zero-order valence-electron chi connectivity index (χ0n) is 12.3. The molecule has 4 nitrogen and oxygen atoms in total. The highest BCUT2D eigenvalue weighted by atomic mass is 32.1. The van der Waals surface area contributed by atoms with Crippen molar-refractivity contribution in [1.82, 2.24) is 14.8 Å². The van der Waals surface area contributed by atoms with Gasteiger partial charge in [-0.15, -0.1) is 0 Å². The maximum Gasteiger partial charge on any atom is 0.200 e. The van der Waals surface area contributed by atoms with Gasteiger partial charge in [0.2, 0.25) is 4.80 Å². The van der Waals surface area contributed by atoms with Gasteiger partial charge < -0.3 is 0 Å². The summed E-state index contributed by atoms with van der Waals surface area (Å²) >= 11 is 1.39. The van der Waals surface area contributed by atoms with Crippen LogP contribution in [0.4, 0.5) is 0 Å². The second-order valence-electron chi connectivity index (χ2n) is 5.23. The van der Waals surface area contributed by atoms with E-state index in [4.69, 9.17) is 5.41 Å². The smallest absolute Gasteiger partial charge is 0.200 e. The molecular formula is C18H14N4S. The minimum atomic E-state index is 0.441. The van der Waals surface area contributed by atoms with Gasteiger partial charge in [0.25, 0.3) is 0 Å². The number of rotatable bonds is 3. The number of nitrogens with one attached hydrogen (secondary N) is 1. The lowest BCUT2D eigenvalue weighted by atomic mass is 10.1. The molecule has 0 fully saturated rings. The van der Waals surface area contributed by atoms with Gasteiger partial charge in [0, 0.05) is 17.1 Å². The molecule has 0 amide bonds. The van der Waals surface area contributed by atoms with Crippen LogP contribution >= 0.6 is 11.3 Å². The highest BCUT2D eigenvalue weighted by Crippen LogP contribution is 2.20. The largest absolute Gasteiger partial charge is 0.274 e. The highest BCUT2D eigenvalue weighted by molar-refractivity contribution is 7.12. The first-order valence-corrected chi connectivity index (χ1v) is 8.13. The van der Waals surface area contributed by atoms with E-state index in [9.17, 15) is 0 Å². The molecule has 0 radical (unpaired) electrons. The van der Waals surface area contributed by atoms with Crippen LogP contribution in [-0.4, -0.2) is 14.8 Å². The van der Waals surface area contributed by atoms with Crippen LogP contribution in [0, 0.1) is 5.41 Å². The number of aromatic nitrogens is 3. The summed E-state index contributed by atoms with van der Waals surface area (Å²) < 4.78 is 1.73.